The predicted octanol–water partition coefficient (Wildman–Crippen LogP) is 2.87. The minimum atomic E-state index is -0.655. The third-order valence-corrected chi connectivity index (χ3v) is 4.62. The van der Waals surface area contributed by atoms with Crippen LogP contribution in [0.5, 0.6) is 5.75 Å². The van der Waals surface area contributed by atoms with Crippen LogP contribution in [-0.2, 0) is 4.74 Å². The molecule has 148 valence electrons. The number of aromatic nitrogens is 2. The average molecular weight is 408 g/mol. The minimum absolute atomic E-state index is 0.200. The van der Waals surface area contributed by atoms with Crippen LogP contribution >= 0.6 is 11.6 Å². The number of carbonyl (C=O) groups excluding carboxylic acids is 1. The molecule has 2 aromatic rings. The molecule has 1 saturated heterocycles. The van der Waals surface area contributed by atoms with Crippen molar-refractivity contribution in [3.8, 4) is 5.75 Å². The van der Waals surface area contributed by atoms with Gasteiger partial charge in [-0.2, -0.15) is 4.98 Å². The van der Waals surface area contributed by atoms with Gasteiger partial charge >= 0.3 is 5.69 Å². The Hall–Kier alpha value is -2.98. The second-order valence-corrected chi connectivity index (χ2v) is 6.40. The fraction of sp³-hybridized carbons (Fsp3) is 0.353. The summed E-state index contributed by atoms with van der Waals surface area (Å²) in [5.41, 5.74) is -0.207. The summed E-state index contributed by atoms with van der Waals surface area (Å²) >= 11 is 6.04. The van der Waals surface area contributed by atoms with E-state index in [-0.39, 0.29) is 28.6 Å². The summed E-state index contributed by atoms with van der Waals surface area (Å²) in [6, 6.07) is 4.44. The van der Waals surface area contributed by atoms with E-state index in [1.807, 2.05) is 0 Å². The summed E-state index contributed by atoms with van der Waals surface area (Å²) < 4.78 is 10.4. The van der Waals surface area contributed by atoms with Crippen molar-refractivity contribution >= 4 is 35.0 Å². The number of rotatable bonds is 6. The van der Waals surface area contributed by atoms with Crippen LogP contribution in [-0.4, -0.2) is 47.8 Å². The Labute approximate surface area is 165 Å². The lowest BCUT2D eigenvalue weighted by Gasteiger charge is -2.23. The van der Waals surface area contributed by atoms with E-state index >= 15 is 0 Å². The van der Waals surface area contributed by atoms with E-state index in [2.05, 4.69) is 15.3 Å². The normalized spacial score (nSPS) is 16.1. The quantitative estimate of drug-likeness (QED) is 0.573. The molecule has 10 nitrogen and oxygen atoms in total. The van der Waals surface area contributed by atoms with E-state index in [0.717, 1.165) is 19.0 Å². The fourth-order valence-corrected chi connectivity index (χ4v) is 3.19. The van der Waals surface area contributed by atoms with Gasteiger partial charge in [0.1, 0.15) is 18.2 Å². The van der Waals surface area contributed by atoms with E-state index in [1.165, 1.54) is 25.3 Å². The van der Waals surface area contributed by atoms with Gasteiger partial charge in [-0.15, -0.1) is 0 Å². The molecule has 1 aromatic carbocycles. The Kier molecular flexibility index (Phi) is 5.90. The second kappa shape index (κ2) is 8.36. The number of hydrogen-bond donors (Lipinski definition) is 1. The Morgan fingerprint density at radius 1 is 1.43 bits per heavy atom. The molecule has 3 rings (SSSR count). The summed E-state index contributed by atoms with van der Waals surface area (Å²) in [6.07, 6.45) is 2.53. The third-order valence-electron chi connectivity index (χ3n) is 4.33. The highest BCUT2D eigenvalue weighted by Gasteiger charge is 2.29. The zero-order valence-electron chi connectivity index (χ0n) is 15.2. The van der Waals surface area contributed by atoms with Crippen molar-refractivity contribution in [2.75, 3.05) is 31.0 Å². The van der Waals surface area contributed by atoms with Gasteiger partial charge in [0.25, 0.3) is 5.91 Å². The highest BCUT2D eigenvalue weighted by molar-refractivity contribution is 6.32. The van der Waals surface area contributed by atoms with E-state index in [4.69, 9.17) is 21.1 Å². The van der Waals surface area contributed by atoms with Crippen molar-refractivity contribution in [1.29, 1.82) is 0 Å². The number of nitrogens with one attached hydrogen (secondary N) is 1. The van der Waals surface area contributed by atoms with Crippen LogP contribution in [0.15, 0.2) is 24.4 Å². The number of nitro groups is 1. The van der Waals surface area contributed by atoms with Gasteiger partial charge in [-0.25, -0.2) is 4.98 Å². The number of carbonyl (C=O) groups is 1. The first kappa shape index (κ1) is 19.8. The van der Waals surface area contributed by atoms with Crippen molar-refractivity contribution in [3.05, 3.63) is 45.1 Å². The Morgan fingerprint density at radius 2 is 2.21 bits per heavy atom. The van der Waals surface area contributed by atoms with Crippen LogP contribution in [0.3, 0.4) is 0 Å². The third kappa shape index (κ3) is 3.97. The number of benzene rings is 1. The number of methoxy groups -OCH3 is 2. The van der Waals surface area contributed by atoms with E-state index in [1.54, 1.807) is 12.0 Å². The summed E-state index contributed by atoms with van der Waals surface area (Å²) in [5.74, 6) is -0.137. The van der Waals surface area contributed by atoms with Gasteiger partial charge < -0.3 is 19.7 Å². The van der Waals surface area contributed by atoms with Crippen LogP contribution in [0.4, 0.5) is 17.5 Å². The molecule has 1 aliphatic rings. The van der Waals surface area contributed by atoms with Gasteiger partial charge in [0, 0.05) is 19.2 Å². The fourth-order valence-electron chi connectivity index (χ4n) is 2.93. The molecule has 1 N–H and O–H groups in total. The summed E-state index contributed by atoms with van der Waals surface area (Å²) in [4.78, 5) is 33.3. The van der Waals surface area contributed by atoms with E-state index in [0.29, 0.717) is 12.3 Å². The number of amides is 1. The molecular weight excluding hydrogens is 390 g/mol. The van der Waals surface area contributed by atoms with Crippen molar-refractivity contribution in [2.24, 2.45) is 0 Å². The number of hydrogen-bond acceptors (Lipinski definition) is 8. The van der Waals surface area contributed by atoms with Crippen LogP contribution < -0.4 is 15.0 Å². The average Bonchev–Trinajstić information content (AvgIpc) is 3.16. The minimum Gasteiger partial charge on any atom is -0.495 e. The molecule has 1 aromatic heterocycles. The lowest BCUT2D eigenvalue weighted by Crippen LogP contribution is -2.32. The molecule has 0 aliphatic carbocycles. The Balaban J connectivity index is 1.90. The van der Waals surface area contributed by atoms with Crippen LogP contribution in [0.1, 0.15) is 23.2 Å². The molecule has 2 heterocycles. The molecule has 1 amide bonds. The number of halogens is 1. The summed E-state index contributed by atoms with van der Waals surface area (Å²) in [5, 5.41) is 14.0. The molecule has 1 aliphatic heterocycles. The Morgan fingerprint density at radius 3 is 2.86 bits per heavy atom. The lowest BCUT2D eigenvalue weighted by molar-refractivity contribution is -0.384. The molecule has 1 fully saturated rings. The molecule has 0 spiro atoms. The van der Waals surface area contributed by atoms with Crippen molar-refractivity contribution in [3.63, 3.8) is 0 Å². The zero-order valence-corrected chi connectivity index (χ0v) is 16.0. The van der Waals surface area contributed by atoms with Gasteiger partial charge in [0.15, 0.2) is 0 Å². The molecule has 28 heavy (non-hydrogen) atoms. The summed E-state index contributed by atoms with van der Waals surface area (Å²) in [7, 11) is 3.03. The highest BCUT2D eigenvalue weighted by atomic mass is 35.5. The topological polar surface area (TPSA) is 120 Å². The number of anilines is 2. The van der Waals surface area contributed by atoms with Crippen molar-refractivity contribution in [2.45, 2.75) is 19.1 Å². The predicted molar refractivity (Wildman–Crippen MR) is 102 cm³/mol. The van der Waals surface area contributed by atoms with E-state index in [9.17, 15) is 14.9 Å². The molecule has 0 bridgehead atoms. The number of ether oxygens (including phenoxy) is 2. The van der Waals surface area contributed by atoms with Crippen LogP contribution in [0.25, 0.3) is 0 Å². The van der Waals surface area contributed by atoms with Gasteiger partial charge in [-0.05, 0) is 31.0 Å². The number of nitrogens with zero attached hydrogens (tertiary/aromatic N) is 4. The monoisotopic (exact) mass is 407 g/mol. The first-order chi connectivity index (χ1) is 13.4. The summed E-state index contributed by atoms with van der Waals surface area (Å²) in [6.45, 7) is 0.651. The first-order valence-corrected chi connectivity index (χ1v) is 8.78. The van der Waals surface area contributed by atoms with Crippen LogP contribution in [0.2, 0.25) is 5.02 Å². The molecule has 0 unspecified atom stereocenters. The maximum absolute atomic E-state index is 12.6. The highest BCUT2D eigenvalue weighted by Crippen LogP contribution is 2.29. The second-order valence-electron chi connectivity index (χ2n) is 5.99. The van der Waals surface area contributed by atoms with Gasteiger partial charge in [-0.3, -0.25) is 14.9 Å². The maximum Gasteiger partial charge on any atom is 0.330 e. The van der Waals surface area contributed by atoms with E-state index < -0.39 is 16.5 Å². The largest absolute Gasteiger partial charge is 0.495 e. The Bertz CT molecular complexity index is 910. The van der Waals surface area contributed by atoms with Crippen molar-refractivity contribution < 1.29 is 19.2 Å². The zero-order chi connectivity index (χ0) is 20.3. The SMILES string of the molecule is COc1ccc(C(=O)Nc2nc(N3CCC[C@@H]3OC)ncc2[N+](=O)[O-])cc1Cl. The van der Waals surface area contributed by atoms with Crippen molar-refractivity contribution in [1.82, 2.24) is 9.97 Å². The maximum atomic E-state index is 12.6. The standard InChI is InChI=1S/C17H18ClN5O5/c1-27-13-6-5-10(8-11(13)18)16(24)20-15-12(23(25)26)9-19-17(21-15)22-7-3-4-14(22)28-2/h5-6,8-9,14H,3-4,7H2,1-2H3,(H,19,20,21,24)/t14-/m0/s1. The smallest absolute Gasteiger partial charge is 0.330 e. The van der Waals surface area contributed by atoms with Gasteiger partial charge in [0.05, 0.1) is 17.1 Å². The first-order valence-electron chi connectivity index (χ1n) is 8.40. The van der Waals surface area contributed by atoms with Gasteiger partial charge in [-0.1, -0.05) is 11.6 Å². The molecular formula is C17H18ClN5O5. The molecule has 0 radical (unpaired) electrons. The van der Waals surface area contributed by atoms with Crippen LogP contribution in [0, 0.1) is 10.1 Å². The molecule has 0 saturated carbocycles. The van der Waals surface area contributed by atoms with Gasteiger partial charge in [0.2, 0.25) is 11.8 Å². The lowest BCUT2D eigenvalue weighted by atomic mass is 10.2. The molecule has 1 atom stereocenters. The molecule has 11 heteroatoms.